The average Bonchev–Trinajstić information content (AvgIpc) is 2.53. The Morgan fingerprint density at radius 1 is 0.952 bits per heavy atom. The molecule has 2 fully saturated rings. The second-order valence-electron chi connectivity index (χ2n) is 6.91. The van der Waals surface area contributed by atoms with Gasteiger partial charge in [0.25, 0.3) is 0 Å². The van der Waals surface area contributed by atoms with Crippen molar-refractivity contribution < 1.29 is 14.7 Å². The topological polar surface area (TPSA) is 69.2 Å². The zero-order valence-electron chi connectivity index (χ0n) is 12.4. The molecule has 116 valence electrons. The molecule has 0 unspecified atom stereocenters. The summed E-state index contributed by atoms with van der Waals surface area (Å²) >= 11 is 0. The lowest BCUT2D eigenvalue weighted by molar-refractivity contribution is -0.316. The van der Waals surface area contributed by atoms with Crippen molar-refractivity contribution in [2.75, 3.05) is 6.54 Å². The zero-order chi connectivity index (χ0) is 14.8. The minimum atomic E-state index is -1.06. The minimum Gasteiger partial charge on any atom is -0.550 e. The van der Waals surface area contributed by atoms with E-state index in [9.17, 15) is 14.7 Å². The van der Waals surface area contributed by atoms with Crippen molar-refractivity contribution in [2.24, 2.45) is 29.6 Å². The molecule has 0 spiro atoms. The maximum Gasteiger partial charge on any atom is 0.224 e. The number of fused-ring (bicyclic) bond motifs is 2. The molecular weight excluding hydrogens is 266 g/mol. The number of carbonyl (C=O) groups excluding carboxylic acids is 2. The Morgan fingerprint density at radius 3 is 2.14 bits per heavy atom. The van der Waals surface area contributed by atoms with Gasteiger partial charge in [-0.3, -0.25) is 4.79 Å². The predicted molar refractivity (Wildman–Crippen MR) is 76.9 cm³/mol. The van der Waals surface area contributed by atoms with Gasteiger partial charge < -0.3 is 15.2 Å². The summed E-state index contributed by atoms with van der Waals surface area (Å²) < 4.78 is 0. The van der Waals surface area contributed by atoms with Crippen LogP contribution in [0.25, 0.3) is 0 Å². The second-order valence-corrected chi connectivity index (χ2v) is 6.91. The number of hydrogen-bond donors (Lipinski definition) is 1. The molecule has 4 nitrogen and oxygen atoms in total. The van der Waals surface area contributed by atoms with Crippen LogP contribution in [0.4, 0.5) is 0 Å². The number of carboxylic acid groups (broad SMARTS) is 1. The van der Waals surface area contributed by atoms with Crippen molar-refractivity contribution >= 4 is 11.9 Å². The van der Waals surface area contributed by atoms with Crippen LogP contribution in [-0.4, -0.2) is 18.4 Å². The molecule has 4 aliphatic carbocycles. The van der Waals surface area contributed by atoms with Crippen molar-refractivity contribution in [3.8, 4) is 0 Å². The molecule has 0 aliphatic heterocycles. The van der Waals surface area contributed by atoms with Crippen molar-refractivity contribution in [2.45, 2.75) is 44.9 Å². The number of aliphatic carboxylic acids is 1. The van der Waals surface area contributed by atoms with Crippen LogP contribution in [0.2, 0.25) is 0 Å². The average molecular weight is 290 g/mol. The van der Waals surface area contributed by atoms with Gasteiger partial charge in [0, 0.05) is 18.4 Å². The number of allylic oxidation sites excluding steroid dienone is 2. The first-order chi connectivity index (χ1) is 10.2. The Balaban J connectivity index is 1.62. The third-order valence-corrected chi connectivity index (χ3v) is 5.61. The lowest BCUT2D eigenvalue weighted by Gasteiger charge is -2.44. The molecule has 0 aromatic rings. The van der Waals surface area contributed by atoms with Crippen LogP contribution in [0.15, 0.2) is 12.2 Å². The van der Waals surface area contributed by atoms with Crippen LogP contribution in [0, 0.1) is 29.6 Å². The van der Waals surface area contributed by atoms with E-state index in [2.05, 4.69) is 5.32 Å². The quantitative estimate of drug-likeness (QED) is 0.793. The summed E-state index contributed by atoms with van der Waals surface area (Å²) in [6.45, 7) is 0.705. The SMILES string of the molecule is O=C([O-])[C@@H]1[C@H](C(=O)NCC2CCCCC2)[C@@H]2C=C[C@H]1CC2. The molecule has 0 heterocycles. The first kappa shape index (κ1) is 14.6. The molecule has 0 radical (unpaired) electrons. The van der Waals surface area contributed by atoms with Gasteiger partial charge in [-0.05, 0) is 43.4 Å². The number of amides is 1. The number of rotatable bonds is 4. The Hall–Kier alpha value is -1.32. The van der Waals surface area contributed by atoms with E-state index < -0.39 is 17.8 Å². The van der Waals surface area contributed by atoms with Gasteiger partial charge in [-0.1, -0.05) is 31.4 Å². The molecule has 2 bridgehead atoms. The van der Waals surface area contributed by atoms with Gasteiger partial charge in [-0.25, -0.2) is 0 Å². The van der Waals surface area contributed by atoms with E-state index in [4.69, 9.17) is 0 Å². The van der Waals surface area contributed by atoms with E-state index >= 15 is 0 Å². The molecule has 4 atom stereocenters. The van der Waals surface area contributed by atoms with Crippen LogP contribution in [0.5, 0.6) is 0 Å². The largest absolute Gasteiger partial charge is 0.550 e. The predicted octanol–water partition coefficient (Wildman–Crippen LogP) is 1.26. The van der Waals surface area contributed by atoms with Crippen molar-refractivity contribution in [1.29, 1.82) is 0 Å². The highest BCUT2D eigenvalue weighted by Crippen LogP contribution is 2.44. The number of carboxylic acids is 1. The maximum absolute atomic E-state index is 12.5. The van der Waals surface area contributed by atoms with Crippen molar-refractivity contribution in [3.63, 3.8) is 0 Å². The van der Waals surface area contributed by atoms with Gasteiger partial charge in [0.15, 0.2) is 0 Å². The second kappa shape index (κ2) is 6.20. The fraction of sp³-hybridized carbons (Fsp3) is 0.765. The summed E-state index contributed by atoms with van der Waals surface area (Å²) in [6, 6.07) is 0. The van der Waals surface area contributed by atoms with Gasteiger partial charge in [-0.15, -0.1) is 0 Å². The smallest absolute Gasteiger partial charge is 0.224 e. The lowest BCUT2D eigenvalue weighted by atomic mass is 9.62. The van der Waals surface area contributed by atoms with Gasteiger partial charge in [-0.2, -0.15) is 0 Å². The zero-order valence-corrected chi connectivity index (χ0v) is 12.4. The summed E-state index contributed by atoms with van der Waals surface area (Å²) in [7, 11) is 0. The van der Waals surface area contributed by atoms with Gasteiger partial charge >= 0.3 is 0 Å². The van der Waals surface area contributed by atoms with E-state index in [0.29, 0.717) is 12.5 Å². The molecule has 0 saturated heterocycles. The molecule has 21 heavy (non-hydrogen) atoms. The molecule has 4 heteroatoms. The van der Waals surface area contributed by atoms with Crippen LogP contribution >= 0.6 is 0 Å². The monoisotopic (exact) mass is 290 g/mol. The number of nitrogens with one attached hydrogen (secondary N) is 1. The summed E-state index contributed by atoms with van der Waals surface area (Å²) in [6.07, 6.45) is 12.0. The van der Waals surface area contributed by atoms with Gasteiger partial charge in [0.2, 0.25) is 5.91 Å². The van der Waals surface area contributed by atoms with Crippen LogP contribution in [0.3, 0.4) is 0 Å². The van der Waals surface area contributed by atoms with Crippen LogP contribution in [0.1, 0.15) is 44.9 Å². The highest BCUT2D eigenvalue weighted by molar-refractivity contribution is 5.85. The van der Waals surface area contributed by atoms with E-state index in [1.807, 2.05) is 12.2 Å². The van der Waals surface area contributed by atoms with E-state index in [-0.39, 0.29) is 17.7 Å². The Labute approximate surface area is 126 Å². The fourth-order valence-electron chi connectivity index (χ4n) is 4.43. The molecule has 1 amide bonds. The Bertz CT molecular complexity index is 439. The van der Waals surface area contributed by atoms with Crippen LogP contribution < -0.4 is 10.4 Å². The molecule has 2 saturated carbocycles. The highest BCUT2D eigenvalue weighted by atomic mass is 16.4. The molecule has 0 aromatic heterocycles. The molecular formula is C17H24NO3-. The first-order valence-electron chi connectivity index (χ1n) is 8.33. The number of hydrogen-bond acceptors (Lipinski definition) is 3. The normalized spacial score (nSPS) is 35.6. The van der Waals surface area contributed by atoms with Crippen LogP contribution in [-0.2, 0) is 9.59 Å². The summed E-state index contributed by atoms with van der Waals surface area (Å²) in [5.74, 6) is -1.58. The Kier molecular flexibility index (Phi) is 4.32. The highest BCUT2D eigenvalue weighted by Gasteiger charge is 2.45. The number of carbonyl (C=O) groups is 2. The maximum atomic E-state index is 12.5. The van der Waals surface area contributed by atoms with E-state index in [1.165, 1.54) is 32.1 Å². The van der Waals surface area contributed by atoms with E-state index in [1.54, 1.807) is 0 Å². The summed E-state index contributed by atoms with van der Waals surface area (Å²) in [5, 5.41) is 14.5. The molecule has 0 aromatic carbocycles. The molecule has 1 N–H and O–H groups in total. The third-order valence-electron chi connectivity index (χ3n) is 5.61. The fourth-order valence-corrected chi connectivity index (χ4v) is 4.43. The summed E-state index contributed by atoms with van der Waals surface area (Å²) in [4.78, 5) is 23.9. The summed E-state index contributed by atoms with van der Waals surface area (Å²) in [5.41, 5.74) is 0. The first-order valence-corrected chi connectivity index (χ1v) is 8.33. The third kappa shape index (κ3) is 2.99. The van der Waals surface area contributed by atoms with Crippen molar-refractivity contribution in [3.05, 3.63) is 12.2 Å². The molecule has 4 aliphatic rings. The molecule has 4 rings (SSSR count). The standard InChI is InChI=1S/C17H25NO3/c19-16(18-10-11-4-2-1-3-5-11)14-12-6-8-13(9-7-12)15(14)17(20)21/h6,8,11-15H,1-5,7,9-10H2,(H,18,19)(H,20,21)/p-1/t12-,13+,14-,15+/m1/s1. The Morgan fingerprint density at radius 2 is 1.57 bits per heavy atom. The van der Waals surface area contributed by atoms with Gasteiger partial charge in [0.1, 0.15) is 0 Å². The van der Waals surface area contributed by atoms with E-state index in [0.717, 1.165) is 12.8 Å². The van der Waals surface area contributed by atoms with Crippen molar-refractivity contribution in [1.82, 2.24) is 5.32 Å². The van der Waals surface area contributed by atoms with Gasteiger partial charge in [0.05, 0.1) is 5.92 Å². The minimum absolute atomic E-state index is 0.0227. The lowest BCUT2D eigenvalue weighted by Crippen LogP contribution is -2.53.